The fraction of sp³-hybridized carbons (Fsp3) is 0.481. The SMILES string of the molecule is CC(C(=O)NCC1CCCO1)N(Cc1ccc(F)cc1)C(=O)CCc1ccc(S(=O)(=O)NC2CC2)cc1. The van der Waals surface area contributed by atoms with E-state index in [2.05, 4.69) is 10.0 Å². The van der Waals surface area contributed by atoms with Crippen LogP contribution in [0, 0.1) is 5.82 Å². The Labute approximate surface area is 217 Å². The van der Waals surface area contributed by atoms with Crippen LogP contribution in [0.15, 0.2) is 53.4 Å². The number of aryl methyl sites for hydroxylation is 1. The number of amides is 2. The first kappa shape index (κ1) is 27.2. The van der Waals surface area contributed by atoms with Crippen molar-refractivity contribution in [2.24, 2.45) is 0 Å². The minimum atomic E-state index is -3.53. The molecule has 1 aliphatic carbocycles. The largest absolute Gasteiger partial charge is 0.376 e. The molecule has 1 saturated carbocycles. The van der Waals surface area contributed by atoms with E-state index in [9.17, 15) is 22.4 Å². The minimum absolute atomic E-state index is 0.0105. The number of halogens is 1. The van der Waals surface area contributed by atoms with Gasteiger partial charge in [-0.3, -0.25) is 9.59 Å². The summed E-state index contributed by atoms with van der Waals surface area (Å²) in [4.78, 5) is 27.9. The summed E-state index contributed by atoms with van der Waals surface area (Å²) in [6.07, 6.45) is 4.09. The highest BCUT2D eigenvalue weighted by Crippen LogP contribution is 2.22. The maximum Gasteiger partial charge on any atom is 0.242 e. The lowest BCUT2D eigenvalue weighted by atomic mass is 10.1. The second-order valence-corrected chi connectivity index (χ2v) is 11.5. The molecule has 2 amide bonds. The second kappa shape index (κ2) is 12.1. The van der Waals surface area contributed by atoms with Crippen LogP contribution in [0.25, 0.3) is 0 Å². The summed E-state index contributed by atoms with van der Waals surface area (Å²) in [7, 11) is -3.53. The first-order valence-electron chi connectivity index (χ1n) is 12.8. The summed E-state index contributed by atoms with van der Waals surface area (Å²) >= 11 is 0. The number of hydrogen-bond acceptors (Lipinski definition) is 5. The number of nitrogens with one attached hydrogen (secondary N) is 2. The Kier molecular flexibility index (Phi) is 8.94. The van der Waals surface area contributed by atoms with Gasteiger partial charge < -0.3 is 15.0 Å². The predicted molar refractivity (Wildman–Crippen MR) is 137 cm³/mol. The smallest absolute Gasteiger partial charge is 0.242 e. The van der Waals surface area contributed by atoms with Crippen LogP contribution in [0.3, 0.4) is 0 Å². The van der Waals surface area contributed by atoms with E-state index in [1.807, 2.05) is 0 Å². The summed E-state index contributed by atoms with van der Waals surface area (Å²) < 4.78 is 46.4. The van der Waals surface area contributed by atoms with Gasteiger partial charge in [0.25, 0.3) is 0 Å². The zero-order chi connectivity index (χ0) is 26.4. The van der Waals surface area contributed by atoms with Crippen molar-refractivity contribution < 1.29 is 27.1 Å². The van der Waals surface area contributed by atoms with E-state index in [0.29, 0.717) is 25.1 Å². The third-order valence-electron chi connectivity index (χ3n) is 6.72. The zero-order valence-electron chi connectivity index (χ0n) is 21.0. The van der Waals surface area contributed by atoms with Gasteiger partial charge in [0.1, 0.15) is 11.9 Å². The van der Waals surface area contributed by atoms with E-state index >= 15 is 0 Å². The average molecular weight is 532 g/mol. The van der Waals surface area contributed by atoms with Gasteiger partial charge in [-0.05, 0) is 74.4 Å². The molecule has 37 heavy (non-hydrogen) atoms. The van der Waals surface area contributed by atoms with Gasteiger partial charge in [-0.2, -0.15) is 0 Å². The van der Waals surface area contributed by atoms with Crippen molar-refractivity contribution in [1.82, 2.24) is 14.9 Å². The van der Waals surface area contributed by atoms with Crippen molar-refractivity contribution in [2.75, 3.05) is 13.2 Å². The molecule has 2 N–H and O–H groups in total. The summed E-state index contributed by atoms with van der Waals surface area (Å²) in [5.41, 5.74) is 1.53. The quantitative estimate of drug-likeness (QED) is 0.438. The number of nitrogens with zero attached hydrogens (tertiary/aromatic N) is 1. The van der Waals surface area contributed by atoms with E-state index in [1.54, 1.807) is 43.3 Å². The lowest BCUT2D eigenvalue weighted by molar-refractivity contribution is -0.140. The Morgan fingerprint density at radius 2 is 1.73 bits per heavy atom. The Balaban J connectivity index is 1.39. The molecular weight excluding hydrogens is 497 g/mol. The Bertz CT molecular complexity index is 1180. The van der Waals surface area contributed by atoms with E-state index in [0.717, 1.165) is 31.2 Å². The highest BCUT2D eigenvalue weighted by molar-refractivity contribution is 7.89. The van der Waals surface area contributed by atoms with Crippen molar-refractivity contribution in [2.45, 2.75) is 75.1 Å². The summed E-state index contributed by atoms with van der Waals surface area (Å²) in [5, 5.41) is 2.89. The molecule has 0 bridgehead atoms. The normalized spacial score (nSPS) is 18.4. The molecule has 0 aromatic heterocycles. The van der Waals surface area contributed by atoms with Crippen LogP contribution in [0.5, 0.6) is 0 Å². The molecule has 10 heteroatoms. The lowest BCUT2D eigenvalue weighted by Crippen LogP contribution is -2.49. The van der Waals surface area contributed by atoms with Crippen LogP contribution in [0.2, 0.25) is 0 Å². The summed E-state index contributed by atoms with van der Waals surface area (Å²) in [6.45, 7) is 2.93. The molecular formula is C27H34FN3O5S. The number of hydrogen-bond donors (Lipinski definition) is 2. The van der Waals surface area contributed by atoms with Crippen LogP contribution < -0.4 is 10.0 Å². The third kappa shape index (κ3) is 7.83. The molecule has 4 rings (SSSR count). The van der Waals surface area contributed by atoms with Gasteiger partial charge in [0, 0.05) is 32.2 Å². The fourth-order valence-electron chi connectivity index (χ4n) is 4.26. The molecule has 1 saturated heterocycles. The van der Waals surface area contributed by atoms with Crippen molar-refractivity contribution >= 4 is 21.8 Å². The van der Waals surface area contributed by atoms with E-state index in [1.165, 1.54) is 17.0 Å². The number of benzene rings is 2. The van der Waals surface area contributed by atoms with E-state index in [4.69, 9.17) is 4.74 Å². The average Bonchev–Trinajstić information content (AvgIpc) is 3.53. The topological polar surface area (TPSA) is 105 Å². The van der Waals surface area contributed by atoms with Gasteiger partial charge in [-0.25, -0.2) is 17.5 Å². The molecule has 0 radical (unpaired) electrons. The standard InChI is InChI=1S/C27H34FN3O5S/c1-19(27(33)29-17-24-3-2-16-36-24)31(18-21-4-9-22(28)10-5-21)26(32)15-8-20-6-13-25(14-7-20)37(34,35)30-23-11-12-23/h4-7,9-10,13-14,19,23-24,30H,2-3,8,11-12,15-18H2,1H3,(H,29,33). The highest BCUT2D eigenvalue weighted by atomic mass is 32.2. The first-order valence-corrected chi connectivity index (χ1v) is 14.2. The third-order valence-corrected chi connectivity index (χ3v) is 8.26. The van der Waals surface area contributed by atoms with Gasteiger partial charge in [0.2, 0.25) is 21.8 Å². The molecule has 1 aliphatic heterocycles. The van der Waals surface area contributed by atoms with Crippen molar-refractivity contribution in [1.29, 1.82) is 0 Å². The van der Waals surface area contributed by atoms with Crippen LogP contribution in [-0.4, -0.2) is 56.5 Å². The van der Waals surface area contributed by atoms with Crippen molar-refractivity contribution in [3.63, 3.8) is 0 Å². The van der Waals surface area contributed by atoms with Gasteiger partial charge in [0.15, 0.2) is 0 Å². The Morgan fingerprint density at radius 3 is 2.35 bits per heavy atom. The Hall–Kier alpha value is -2.82. The van der Waals surface area contributed by atoms with Gasteiger partial charge in [0.05, 0.1) is 11.0 Å². The molecule has 200 valence electrons. The summed E-state index contributed by atoms with van der Waals surface area (Å²) in [6, 6.07) is 11.6. The monoisotopic (exact) mass is 531 g/mol. The van der Waals surface area contributed by atoms with Crippen LogP contribution in [0.4, 0.5) is 4.39 Å². The second-order valence-electron chi connectivity index (χ2n) is 9.74. The number of rotatable bonds is 12. The molecule has 2 aromatic carbocycles. The number of carbonyl (C=O) groups is 2. The maximum absolute atomic E-state index is 13.4. The molecule has 2 unspecified atom stereocenters. The first-order chi connectivity index (χ1) is 17.7. The fourth-order valence-corrected chi connectivity index (χ4v) is 5.56. The van der Waals surface area contributed by atoms with Crippen molar-refractivity contribution in [3.8, 4) is 0 Å². The van der Waals surface area contributed by atoms with Crippen LogP contribution in [-0.2, 0) is 37.3 Å². The molecule has 2 atom stereocenters. The molecule has 2 aromatic rings. The van der Waals surface area contributed by atoms with Crippen LogP contribution in [0.1, 0.15) is 50.2 Å². The van der Waals surface area contributed by atoms with Crippen molar-refractivity contribution in [3.05, 3.63) is 65.5 Å². The minimum Gasteiger partial charge on any atom is -0.376 e. The van der Waals surface area contributed by atoms with Gasteiger partial charge >= 0.3 is 0 Å². The predicted octanol–water partition coefficient (Wildman–Crippen LogP) is 2.91. The van der Waals surface area contributed by atoms with E-state index in [-0.39, 0.29) is 47.6 Å². The number of ether oxygens (including phenoxy) is 1. The lowest BCUT2D eigenvalue weighted by Gasteiger charge is -2.29. The van der Waals surface area contributed by atoms with E-state index < -0.39 is 16.1 Å². The summed E-state index contributed by atoms with van der Waals surface area (Å²) in [5.74, 6) is -0.873. The van der Waals surface area contributed by atoms with Gasteiger partial charge in [-0.15, -0.1) is 0 Å². The zero-order valence-corrected chi connectivity index (χ0v) is 21.8. The van der Waals surface area contributed by atoms with Gasteiger partial charge in [-0.1, -0.05) is 24.3 Å². The van der Waals surface area contributed by atoms with Crippen LogP contribution >= 0.6 is 0 Å². The maximum atomic E-state index is 13.4. The molecule has 1 heterocycles. The number of sulfonamides is 1. The molecule has 2 fully saturated rings. The molecule has 8 nitrogen and oxygen atoms in total. The Morgan fingerprint density at radius 1 is 1.05 bits per heavy atom. The number of carbonyl (C=O) groups excluding carboxylic acids is 2. The molecule has 2 aliphatic rings. The highest BCUT2D eigenvalue weighted by Gasteiger charge is 2.29. The molecule has 0 spiro atoms.